The van der Waals surface area contributed by atoms with Crippen LogP contribution in [0, 0.1) is 5.82 Å². The highest BCUT2D eigenvalue weighted by Crippen LogP contribution is 2.40. The molecular formula is C28H38FN5O. The predicted octanol–water partition coefficient (Wildman–Crippen LogP) is 6.30. The number of benzene rings is 1. The Morgan fingerprint density at radius 1 is 1.14 bits per heavy atom. The van der Waals surface area contributed by atoms with Gasteiger partial charge in [0.2, 0.25) is 0 Å². The van der Waals surface area contributed by atoms with Gasteiger partial charge < -0.3 is 9.80 Å². The maximum atomic E-state index is 15.2. The van der Waals surface area contributed by atoms with Gasteiger partial charge in [0.1, 0.15) is 11.5 Å². The number of nitrogens with zero attached hydrogens (tertiary/aromatic N) is 5. The zero-order valence-electron chi connectivity index (χ0n) is 21.7. The largest absolute Gasteiger partial charge is 0.372 e. The van der Waals surface area contributed by atoms with Crippen LogP contribution in [0.25, 0.3) is 16.9 Å². The lowest BCUT2D eigenvalue weighted by Crippen LogP contribution is -2.39. The van der Waals surface area contributed by atoms with Gasteiger partial charge in [0.25, 0.3) is 5.91 Å². The van der Waals surface area contributed by atoms with Gasteiger partial charge in [-0.25, -0.2) is 13.9 Å². The number of unbranched alkanes of at least 4 members (excludes halogenated alkanes) is 1. The SMILES string of the molecule is CCCCN(C(=O)c1cc(C2CC2)n2nc(-c3ccc(N(CC)CC)cc3F)cc2n1)[C@H](C)CC. The number of rotatable bonds is 11. The Morgan fingerprint density at radius 2 is 1.89 bits per heavy atom. The molecule has 0 aliphatic heterocycles. The van der Waals surface area contributed by atoms with E-state index >= 15 is 4.39 Å². The Labute approximate surface area is 208 Å². The van der Waals surface area contributed by atoms with Crippen LogP contribution >= 0.6 is 0 Å². The molecule has 2 aromatic heterocycles. The molecule has 1 aliphatic rings. The van der Waals surface area contributed by atoms with Crippen molar-refractivity contribution in [1.82, 2.24) is 19.5 Å². The van der Waals surface area contributed by atoms with E-state index in [1.807, 2.05) is 17.0 Å². The third-order valence-electron chi connectivity index (χ3n) is 7.16. The minimum absolute atomic E-state index is 0.0327. The number of aromatic nitrogens is 3. The first-order chi connectivity index (χ1) is 16.9. The topological polar surface area (TPSA) is 53.7 Å². The highest BCUT2D eigenvalue weighted by Gasteiger charge is 2.30. The fourth-order valence-electron chi connectivity index (χ4n) is 4.62. The van der Waals surface area contributed by atoms with Crippen molar-refractivity contribution in [3.05, 3.63) is 47.5 Å². The molecule has 0 bridgehead atoms. The summed E-state index contributed by atoms with van der Waals surface area (Å²) in [6.45, 7) is 12.8. The van der Waals surface area contributed by atoms with Gasteiger partial charge in [0.15, 0.2) is 5.65 Å². The third kappa shape index (κ3) is 5.19. The van der Waals surface area contributed by atoms with Crippen LogP contribution in [0.5, 0.6) is 0 Å². The van der Waals surface area contributed by atoms with Crippen molar-refractivity contribution >= 4 is 17.2 Å². The van der Waals surface area contributed by atoms with Crippen LogP contribution in [0.4, 0.5) is 10.1 Å². The molecule has 1 saturated carbocycles. The highest BCUT2D eigenvalue weighted by molar-refractivity contribution is 5.93. The number of hydrogen-bond acceptors (Lipinski definition) is 4. The number of carbonyl (C=O) groups is 1. The van der Waals surface area contributed by atoms with Crippen LogP contribution in [-0.2, 0) is 0 Å². The summed E-state index contributed by atoms with van der Waals surface area (Å²) in [6.07, 6.45) is 5.03. The molecule has 4 rings (SSSR count). The number of fused-ring (bicyclic) bond motifs is 1. The van der Waals surface area contributed by atoms with Crippen LogP contribution in [0.1, 0.15) is 88.8 Å². The second-order valence-electron chi connectivity index (χ2n) is 9.59. The first-order valence-corrected chi connectivity index (χ1v) is 13.2. The molecule has 0 unspecified atom stereocenters. The molecule has 0 saturated heterocycles. The number of halogens is 1. The van der Waals surface area contributed by atoms with Crippen molar-refractivity contribution < 1.29 is 9.18 Å². The molecule has 188 valence electrons. The maximum absolute atomic E-state index is 15.2. The van der Waals surface area contributed by atoms with E-state index in [1.54, 1.807) is 22.7 Å². The van der Waals surface area contributed by atoms with Crippen molar-refractivity contribution in [1.29, 1.82) is 0 Å². The van der Waals surface area contributed by atoms with E-state index in [1.165, 1.54) is 0 Å². The molecule has 1 amide bonds. The average Bonchev–Trinajstić information content (AvgIpc) is 3.62. The van der Waals surface area contributed by atoms with Gasteiger partial charge in [-0.2, -0.15) is 5.10 Å². The summed E-state index contributed by atoms with van der Waals surface area (Å²) in [5, 5.41) is 4.74. The molecule has 2 heterocycles. The van der Waals surface area contributed by atoms with E-state index in [9.17, 15) is 4.79 Å². The zero-order valence-corrected chi connectivity index (χ0v) is 21.7. The lowest BCUT2D eigenvalue weighted by molar-refractivity contribution is 0.0679. The summed E-state index contributed by atoms with van der Waals surface area (Å²) >= 11 is 0. The first kappa shape index (κ1) is 25.1. The van der Waals surface area contributed by atoms with Gasteiger partial charge in [-0.3, -0.25) is 4.79 Å². The lowest BCUT2D eigenvalue weighted by atomic mass is 10.1. The molecule has 0 N–H and O–H groups in total. The van der Waals surface area contributed by atoms with E-state index < -0.39 is 0 Å². The van der Waals surface area contributed by atoms with Crippen molar-refractivity contribution in [2.75, 3.05) is 24.5 Å². The normalized spacial score (nSPS) is 14.3. The average molecular weight is 480 g/mol. The number of amides is 1. The van der Waals surface area contributed by atoms with Crippen LogP contribution in [0.3, 0.4) is 0 Å². The molecule has 1 aromatic carbocycles. The maximum Gasteiger partial charge on any atom is 0.272 e. The highest BCUT2D eigenvalue weighted by atomic mass is 19.1. The second-order valence-corrected chi connectivity index (χ2v) is 9.59. The summed E-state index contributed by atoms with van der Waals surface area (Å²) in [7, 11) is 0. The number of carbonyl (C=O) groups excluding carboxylic acids is 1. The fourth-order valence-corrected chi connectivity index (χ4v) is 4.62. The summed E-state index contributed by atoms with van der Waals surface area (Å²) in [4.78, 5) is 22.3. The number of hydrogen-bond donors (Lipinski definition) is 0. The van der Waals surface area contributed by atoms with Gasteiger partial charge in [-0.05, 0) is 70.7 Å². The Bertz CT molecular complexity index is 1180. The van der Waals surface area contributed by atoms with Crippen LogP contribution in [0.15, 0.2) is 30.3 Å². The van der Waals surface area contributed by atoms with Gasteiger partial charge in [-0.1, -0.05) is 20.3 Å². The number of anilines is 1. The Balaban J connectivity index is 1.74. The van der Waals surface area contributed by atoms with Crippen molar-refractivity contribution in [2.45, 2.75) is 78.7 Å². The van der Waals surface area contributed by atoms with E-state index in [4.69, 9.17) is 10.1 Å². The minimum atomic E-state index is -0.301. The van der Waals surface area contributed by atoms with E-state index in [0.29, 0.717) is 28.5 Å². The van der Waals surface area contributed by atoms with Gasteiger partial charge in [0, 0.05) is 54.6 Å². The van der Waals surface area contributed by atoms with E-state index in [-0.39, 0.29) is 17.8 Å². The first-order valence-electron chi connectivity index (χ1n) is 13.2. The van der Waals surface area contributed by atoms with Crippen molar-refractivity contribution in [3.8, 4) is 11.3 Å². The van der Waals surface area contributed by atoms with Crippen LogP contribution in [-0.4, -0.2) is 51.1 Å². The van der Waals surface area contributed by atoms with Crippen LogP contribution in [0.2, 0.25) is 0 Å². The Hall–Kier alpha value is -2.96. The molecule has 1 atom stereocenters. The lowest BCUT2D eigenvalue weighted by Gasteiger charge is -2.28. The zero-order chi connectivity index (χ0) is 25.1. The van der Waals surface area contributed by atoms with E-state index in [0.717, 1.165) is 63.1 Å². The van der Waals surface area contributed by atoms with E-state index in [2.05, 4.69) is 39.5 Å². The standard InChI is InChI=1S/C28H38FN5O/c1-6-10-15-33(19(5)7-2)28(35)25-17-26(20-11-12-20)34-27(30-25)18-24(31-34)22-14-13-21(16-23(22)29)32(8-3)9-4/h13-14,16-20H,6-12,15H2,1-5H3/t19-/m1/s1. The minimum Gasteiger partial charge on any atom is -0.372 e. The summed E-state index contributed by atoms with van der Waals surface area (Å²) in [6, 6.07) is 9.17. The monoisotopic (exact) mass is 479 g/mol. The van der Waals surface area contributed by atoms with Crippen LogP contribution < -0.4 is 4.90 Å². The molecule has 3 aromatic rings. The quantitative estimate of drug-likeness (QED) is 0.324. The third-order valence-corrected chi connectivity index (χ3v) is 7.16. The van der Waals surface area contributed by atoms with Crippen molar-refractivity contribution in [2.24, 2.45) is 0 Å². The Morgan fingerprint density at radius 3 is 2.49 bits per heavy atom. The second kappa shape index (κ2) is 10.8. The summed E-state index contributed by atoms with van der Waals surface area (Å²) < 4.78 is 17.0. The summed E-state index contributed by atoms with van der Waals surface area (Å²) in [5.74, 6) is 0.0293. The molecule has 0 radical (unpaired) electrons. The predicted molar refractivity (Wildman–Crippen MR) is 140 cm³/mol. The van der Waals surface area contributed by atoms with Crippen molar-refractivity contribution in [3.63, 3.8) is 0 Å². The fraction of sp³-hybridized carbons (Fsp3) is 0.536. The van der Waals surface area contributed by atoms with Gasteiger partial charge >= 0.3 is 0 Å². The molecule has 35 heavy (non-hydrogen) atoms. The molecule has 7 heteroatoms. The molecule has 1 fully saturated rings. The van der Waals surface area contributed by atoms with Gasteiger partial charge in [0.05, 0.1) is 5.69 Å². The molecular weight excluding hydrogens is 441 g/mol. The van der Waals surface area contributed by atoms with Gasteiger partial charge in [-0.15, -0.1) is 0 Å². The Kier molecular flexibility index (Phi) is 7.72. The summed E-state index contributed by atoms with van der Waals surface area (Å²) in [5.41, 5.74) is 3.90. The smallest absolute Gasteiger partial charge is 0.272 e. The molecule has 6 nitrogen and oxygen atoms in total. The molecule has 0 spiro atoms. The molecule has 1 aliphatic carbocycles.